The quantitative estimate of drug-likeness (QED) is 0.646. The van der Waals surface area contributed by atoms with E-state index in [0.717, 1.165) is 12.2 Å². The number of anilines is 1. The van der Waals surface area contributed by atoms with Crippen LogP contribution in [-0.2, 0) is 0 Å². The van der Waals surface area contributed by atoms with Crippen molar-refractivity contribution in [2.45, 2.75) is 6.92 Å². The predicted molar refractivity (Wildman–Crippen MR) is 50.3 cm³/mol. The molecule has 0 aliphatic carbocycles. The Hall–Kier alpha value is -0.400. The average molecular weight is 190 g/mol. The molecular weight excluding hydrogens is 181 g/mol. The highest BCUT2D eigenvalue weighted by Gasteiger charge is 2.03. The van der Waals surface area contributed by atoms with E-state index < -0.39 is 0 Å². The van der Waals surface area contributed by atoms with Crippen LogP contribution in [0.15, 0.2) is 24.3 Å². The summed E-state index contributed by atoms with van der Waals surface area (Å²) in [6.45, 7) is 2.71. The molecule has 3 heteroatoms. The fraction of sp³-hybridized carbons (Fsp3) is 0.250. The fourth-order valence-corrected chi connectivity index (χ4v) is 1.25. The molecular formula is C8H9Cl2N. The van der Waals surface area contributed by atoms with Gasteiger partial charge in [-0.1, -0.05) is 23.7 Å². The molecule has 0 aromatic heterocycles. The first-order chi connectivity index (χ1) is 5.25. The van der Waals surface area contributed by atoms with Crippen molar-refractivity contribution < 1.29 is 0 Å². The summed E-state index contributed by atoms with van der Waals surface area (Å²) in [5.41, 5.74) is 0.860. The molecule has 0 heterocycles. The van der Waals surface area contributed by atoms with E-state index in [2.05, 4.69) is 0 Å². The maximum atomic E-state index is 5.87. The minimum atomic E-state index is 0.685. The second-order valence-corrected chi connectivity index (χ2v) is 2.95. The Morgan fingerprint density at radius 1 is 1.36 bits per heavy atom. The number of halogens is 2. The number of para-hydroxylation sites is 1. The van der Waals surface area contributed by atoms with E-state index in [1.807, 2.05) is 31.2 Å². The van der Waals surface area contributed by atoms with Crippen LogP contribution < -0.4 is 4.42 Å². The van der Waals surface area contributed by atoms with Gasteiger partial charge in [0.15, 0.2) is 0 Å². The summed E-state index contributed by atoms with van der Waals surface area (Å²) < 4.78 is 1.59. The first-order valence-corrected chi connectivity index (χ1v) is 4.15. The highest BCUT2D eigenvalue weighted by Crippen LogP contribution is 2.25. The normalized spacial score (nSPS) is 9.73. The van der Waals surface area contributed by atoms with Crippen LogP contribution in [0.1, 0.15) is 6.92 Å². The van der Waals surface area contributed by atoms with Gasteiger partial charge in [-0.25, -0.2) is 0 Å². The van der Waals surface area contributed by atoms with Gasteiger partial charge in [0.2, 0.25) is 0 Å². The molecule has 0 aliphatic rings. The van der Waals surface area contributed by atoms with Crippen LogP contribution in [0.3, 0.4) is 0 Å². The van der Waals surface area contributed by atoms with E-state index in [4.69, 9.17) is 23.4 Å². The Morgan fingerprint density at radius 2 is 2.00 bits per heavy atom. The van der Waals surface area contributed by atoms with Gasteiger partial charge < -0.3 is 0 Å². The lowest BCUT2D eigenvalue weighted by atomic mass is 10.3. The summed E-state index contributed by atoms with van der Waals surface area (Å²) in [5, 5.41) is 0.685. The molecule has 0 amide bonds. The highest BCUT2D eigenvalue weighted by molar-refractivity contribution is 6.36. The molecule has 0 fully saturated rings. The lowest BCUT2D eigenvalue weighted by molar-refractivity contribution is 1.10. The largest absolute Gasteiger partial charge is 0.284 e. The van der Waals surface area contributed by atoms with Gasteiger partial charge >= 0.3 is 0 Å². The van der Waals surface area contributed by atoms with Crippen LogP contribution >= 0.6 is 23.4 Å². The van der Waals surface area contributed by atoms with Gasteiger partial charge in [0.25, 0.3) is 0 Å². The molecule has 0 atom stereocenters. The topological polar surface area (TPSA) is 3.24 Å². The van der Waals surface area contributed by atoms with E-state index in [1.165, 1.54) is 0 Å². The van der Waals surface area contributed by atoms with E-state index in [1.54, 1.807) is 4.42 Å². The summed E-state index contributed by atoms with van der Waals surface area (Å²) in [5.74, 6) is 0. The Morgan fingerprint density at radius 3 is 2.55 bits per heavy atom. The van der Waals surface area contributed by atoms with Gasteiger partial charge in [0.05, 0.1) is 10.7 Å². The third-order valence-electron chi connectivity index (χ3n) is 1.39. The minimum Gasteiger partial charge on any atom is -0.284 e. The lowest BCUT2D eigenvalue weighted by Gasteiger charge is -2.13. The fourth-order valence-electron chi connectivity index (χ4n) is 0.819. The van der Waals surface area contributed by atoms with Gasteiger partial charge in [-0.3, -0.25) is 4.42 Å². The van der Waals surface area contributed by atoms with Crippen molar-refractivity contribution in [2.24, 2.45) is 0 Å². The number of hydrogen-bond acceptors (Lipinski definition) is 1. The molecule has 0 unspecified atom stereocenters. The smallest absolute Gasteiger partial charge is 0.0709 e. The summed E-state index contributed by atoms with van der Waals surface area (Å²) in [6.07, 6.45) is 0. The van der Waals surface area contributed by atoms with Gasteiger partial charge in [-0.15, -0.1) is 0 Å². The number of hydrogen-bond donors (Lipinski definition) is 0. The lowest BCUT2D eigenvalue weighted by Crippen LogP contribution is -2.08. The van der Waals surface area contributed by atoms with Gasteiger partial charge in [0, 0.05) is 18.3 Å². The van der Waals surface area contributed by atoms with Crippen LogP contribution in [0.4, 0.5) is 5.69 Å². The first kappa shape index (κ1) is 8.69. The molecule has 0 radical (unpaired) electrons. The second-order valence-electron chi connectivity index (χ2n) is 2.13. The molecule has 1 aromatic rings. The zero-order chi connectivity index (χ0) is 8.27. The summed E-state index contributed by atoms with van der Waals surface area (Å²) >= 11 is 11.7. The van der Waals surface area contributed by atoms with Crippen LogP contribution in [-0.4, -0.2) is 6.54 Å². The van der Waals surface area contributed by atoms with Gasteiger partial charge in [-0.2, -0.15) is 0 Å². The van der Waals surface area contributed by atoms with Crippen molar-refractivity contribution >= 4 is 29.1 Å². The molecule has 0 saturated carbocycles. The number of rotatable bonds is 2. The van der Waals surface area contributed by atoms with Crippen molar-refractivity contribution in [3.05, 3.63) is 29.3 Å². The number of nitrogens with zero attached hydrogens (tertiary/aromatic N) is 1. The van der Waals surface area contributed by atoms with Crippen molar-refractivity contribution in [1.29, 1.82) is 0 Å². The Bertz CT molecular complexity index is 237. The van der Waals surface area contributed by atoms with Crippen LogP contribution in [0.25, 0.3) is 0 Å². The monoisotopic (exact) mass is 189 g/mol. The second kappa shape index (κ2) is 3.84. The Labute approximate surface area is 76.6 Å². The molecule has 1 rings (SSSR count). The third-order valence-corrected chi connectivity index (χ3v) is 2.13. The zero-order valence-corrected chi connectivity index (χ0v) is 7.73. The minimum absolute atomic E-state index is 0.685. The maximum Gasteiger partial charge on any atom is 0.0709 e. The standard InChI is InChI=1S/C8H9Cl2N/c1-2-11(10)8-6-4-3-5-7(8)9/h3-6H,2H2,1H3. The van der Waals surface area contributed by atoms with Gasteiger partial charge in [0.1, 0.15) is 0 Å². The average Bonchev–Trinajstić information content (AvgIpc) is 2.04. The molecule has 60 valence electrons. The molecule has 1 aromatic carbocycles. The maximum absolute atomic E-state index is 5.87. The molecule has 11 heavy (non-hydrogen) atoms. The van der Waals surface area contributed by atoms with E-state index in [0.29, 0.717) is 5.02 Å². The SMILES string of the molecule is CCN(Cl)c1ccccc1Cl. The van der Waals surface area contributed by atoms with Crippen molar-refractivity contribution in [3.63, 3.8) is 0 Å². The summed E-state index contributed by atoms with van der Waals surface area (Å²) in [4.78, 5) is 0. The van der Waals surface area contributed by atoms with Crippen molar-refractivity contribution in [2.75, 3.05) is 11.0 Å². The van der Waals surface area contributed by atoms with Crippen molar-refractivity contribution in [3.8, 4) is 0 Å². The molecule has 0 bridgehead atoms. The van der Waals surface area contributed by atoms with Crippen LogP contribution in [0.2, 0.25) is 5.02 Å². The third kappa shape index (κ3) is 2.01. The Balaban J connectivity index is 2.93. The molecule has 1 nitrogen and oxygen atoms in total. The summed E-state index contributed by atoms with van der Waals surface area (Å²) in [7, 11) is 0. The van der Waals surface area contributed by atoms with Crippen molar-refractivity contribution in [1.82, 2.24) is 0 Å². The zero-order valence-electron chi connectivity index (χ0n) is 6.22. The first-order valence-electron chi connectivity index (χ1n) is 3.43. The summed E-state index contributed by atoms with van der Waals surface area (Å²) in [6, 6.07) is 7.50. The molecule has 0 saturated heterocycles. The van der Waals surface area contributed by atoms with Crippen LogP contribution in [0.5, 0.6) is 0 Å². The molecule has 0 aliphatic heterocycles. The van der Waals surface area contributed by atoms with E-state index in [-0.39, 0.29) is 0 Å². The van der Waals surface area contributed by atoms with Crippen LogP contribution in [0, 0.1) is 0 Å². The Kier molecular flexibility index (Phi) is 3.03. The molecule has 0 N–H and O–H groups in total. The molecule has 0 spiro atoms. The van der Waals surface area contributed by atoms with Gasteiger partial charge in [-0.05, 0) is 19.1 Å². The highest BCUT2D eigenvalue weighted by atomic mass is 35.5. The van der Waals surface area contributed by atoms with E-state index in [9.17, 15) is 0 Å². The predicted octanol–water partition coefficient (Wildman–Crippen LogP) is 3.32. The van der Waals surface area contributed by atoms with E-state index >= 15 is 0 Å². The number of benzene rings is 1.